The number of esters is 1. The van der Waals surface area contributed by atoms with E-state index in [1.165, 1.54) is 0 Å². The molecule has 0 aromatic heterocycles. The van der Waals surface area contributed by atoms with Crippen molar-refractivity contribution < 1.29 is 14.3 Å². The number of hydrogen-bond donors (Lipinski definition) is 1. The lowest BCUT2D eigenvalue weighted by Crippen LogP contribution is -2.15. The second-order valence-corrected chi connectivity index (χ2v) is 3.99. The summed E-state index contributed by atoms with van der Waals surface area (Å²) in [4.78, 5) is 22.8. The minimum absolute atomic E-state index is 0.0522. The minimum Gasteiger partial charge on any atom is -0.466 e. The summed E-state index contributed by atoms with van der Waals surface area (Å²) in [7, 11) is 0. The fourth-order valence-corrected chi connectivity index (χ4v) is 1.49. The number of carbonyl (C=O) groups excluding carboxylic acids is 2. The van der Waals surface area contributed by atoms with Crippen molar-refractivity contribution >= 4 is 17.6 Å². The van der Waals surface area contributed by atoms with E-state index in [9.17, 15) is 9.59 Å². The average molecular weight is 260 g/mol. The zero-order valence-corrected chi connectivity index (χ0v) is 11.0. The van der Waals surface area contributed by atoms with E-state index in [0.29, 0.717) is 17.9 Å². The Bertz CT molecular complexity index is 518. The van der Waals surface area contributed by atoms with Gasteiger partial charge in [-0.25, -0.2) is 0 Å². The summed E-state index contributed by atoms with van der Waals surface area (Å²) >= 11 is 0. The van der Waals surface area contributed by atoms with Crippen LogP contribution in [0.5, 0.6) is 0 Å². The molecule has 0 atom stereocenters. The number of nitrogens with one attached hydrogen (secondary N) is 1. The monoisotopic (exact) mass is 260 g/mol. The normalized spacial score (nSPS) is 9.53. The highest BCUT2D eigenvalue weighted by molar-refractivity contribution is 5.93. The van der Waals surface area contributed by atoms with Crippen LogP contribution in [0.3, 0.4) is 0 Å². The first-order valence-electron chi connectivity index (χ1n) is 6.03. The molecule has 0 fully saturated rings. The Kier molecular flexibility index (Phi) is 5.55. The third kappa shape index (κ3) is 4.80. The number of aryl methyl sites for hydroxylation is 1. The summed E-state index contributed by atoms with van der Waals surface area (Å²) in [6.45, 7) is 3.86. The Labute approximate surface area is 112 Å². The molecule has 1 rings (SSSR count). The van der Waals surface area contributed by atoms with Crippen LogP contribution in [0.2, 0.25) is 0 Å². The first kappa shape index (κ1) is 14.7. The third-order valence-electron chi connectivity index (χ3n) is 2.50. The number of rotatable bonds is 5. The first-order valence-corrected chi connectivity index (χ1v) is 6.03. The van der Waals surface area contributed by atoms with E-state index >= 15 is 0 Å². The Morgan fingerprint density at radius 3 is 2.74 bits per heavy atom. The van der Waals surface area contributed by atoms with Gasteiger partial charge >= 0.3 is 5.97 Å². The van der Waals surface area contributed by atoms with Gasteiger partial charge in [0.15, 0.2) is 0 Å². The summed E-state index contributed by atoms with van der Waals surface area (Å²) in [5.41, 5.74) is 1.93. The highest BCUT2D eigenvalue weighted by Gasteiger charge is 2.09. The van der Waals surface area contributed by atoms with Crippen LogP contribution < -0.4 is 5.32 Å². The second-order valence-electron chi connectivity index (χ2n) is 3.99. The summed E-state index contributed by atoms with van der Waals surface area (Å²) in [6, 6.07) is 7.07. The molecule has 0 saturated carbocycles. The van der Waals surface area contributed by atoms with Crippen LogP contribution in [-0.2, 0) is 14.3 Å². The molecule has 0 aliphatic carbocycles. The van der Waals surface area contributed by atoms with Gasteiger partial charge in [0.05, 0.1) is 24.7 Å². The van der Waals surface area contributed by atoms with Crippen molar-refractivity contribution in [3.8, 4) is 6.07 Å². The second kappa shape index (κ2) is 7.17. The summed E-state index contributed by atoms with van der Waals surface area (Å²) in [5.74, 6) is -0.661. The third-order valence-corrected chi connectivity index (χ3v) is 2.50. The molecule has 5 nitrogen and oxygen atoms in total. The number of nitriles is 1. The van der Waals surface area contributed by atoms with Gasteiger partial charge in [-0.2, -0.15) is 5.26 Å². The Balaban J connectivity index is 2.57. The molecule has 0 unspecified atom stereocenters. The molecule has 100 valence electrons. The molecule has 0 aliphatic heterocycles. The summed E-state index contributed by atoms with van der Waals surface area (Å²) in [6.07, 6.45) is 0.117. The number of amides is 1. The fraction of sp³-hybridized carbons (Fsp3) is 0.357. The van der Waals surface area contributed by atoms with Gasteiger partial charge in [0.1, 0.15) is 0 Å². The number of benzene rings is 1. The fourth-order valence-electron chi connectivity index (χ4n) is 1.49. The van der Waals surface area contributed by atoms with E-state index in [-0.39, 0.29) is 24.7 Å². The minimum atomic E-state index is -0.389. The molecular formula is C14H16N2O3. The molecule has 0 bridgehead atoms. The predicted octanol–water partition coefficient (Wildman–Crippen LogP) is 2.15. The van der Waals surface area contributed by atoms with Crippen molar-refractivity contribution in [2.45, 2.75) is 26.7 Å². The van der Waals surface area contributed by atoms with Crippen LogP contribution in [0.25, 0.3) is 0 Å². The topological polar surface area (TPSA) is 79.2 Å². The van der Waals surface area contributed by atoms with Gasteiger partial charge in [0, 0.05) is 12.1 Å². The van der Waals surface area contributed by atoms with Crippen molar-refractivity contribution in [2.75, 3.05) is 11.9 Å². The SMILES string of the molecule is CCOC(=O)CCC(=O)Nc1cc(C#N)ccc1C. The maximum Gasteiger partial charge on any atom is 0.306 e. The summed E-state index contributed by atoms with van der Waals surface area (Å²) < 4.78 is 4.74. The molecule has 0 heterocycles. The van der Waals surface area contributed by atoms with Crippen LogP contribution in [0.15, 0.2) is 18.2 Å². The first-order chi connectivity index (χ1) is 9.06. The van der Waals surface area contributed by atoms with Crippen molar-refractivity contribution in [2.24, 2.45) is 0 Å². The number of carbonyl (C=O) groups is 2. The lowest BCUT2D eigenvalue weighted by molar-refractivity contribution is -0.144. The van der Waals surface area contributed by atoms with Crippen LogP contribution in [0.1, 0.15) is 30.9 Å². The van der Waals surface area contributed by atoms with E-state index in [0.717, 1.165) is 5.56 Å². The molecule has 19 heavy (non-hydrogen) atoms. The van der Waals surface area contributed by atoms with E-state index in [4.69, 9.17) is 10.00 Å². The van der Waals surface area contributed by atoms with Gasteiger partial charge in [-0.1, -0.05) is 6.07 Å². The van der Waals surface area contributed by atoms with Gasteiger partial charge in [0.2, 0.25) is 5.91 Å². The van der Waals surface area contributed by atoms with Crippen molar-refractivity contribution in [3.63, 3.8) is 0 Å². The Hall–Kier alpha value is -2.35. The predicted molar refractivity (Wildman–Crippen MR) is 70.4 cm³/mol. The molecule has 1 aromatic carbocycles. The Morgan fingerprint density at radius 2 is 2.11 bits per heavy atom. The van der Waals surface area contributed by atoms with Gasteiger partial charge in [-0.3, -0.25) is 9.59 Å². The molecule has 0 spiro atoms. The van der Waals surface area contributed by atoms with Gasteiger partial charge in [-0.05, 0) is 31.5 Å². The zero-order valence-electron chi connectivity index (χ0n) is 11.0. The van der Waals surface area contributed by atoms with Crippen molar-refractivity contribution in [1.29, 1.82) is 5.26 Å². The van der Waals surface area contributed by atoms with Crippen molar-refractivity contribution in [1.82, 2.24) is 0 Å². The molecule has 0 saturated heterocycles. The van der Waals surface area contributed by atoms with Crippen LogP contribution in [0, 0.1) is 18.3 Å². The van der Waals surface area contributed by atoms with Crippen LogP contribution in [0.4, 0.5) is 5.69 Å². The van der Waals surface area contributed by atoms with Gasteiger partial charge < -0.3 is 10.1 Å². The smallest absolute Gasteiger partial charge is 0.306 e. The highest BCUT2D eigenvalue weighted by Crippen LogP contribution is 2.16. The quantitative estimate of drug-likeness (QED) is 0.823. The number of anilines is 1. The zero-order chi connectivity index (χ0) is 14.3. The lowest BCUT2D eigenvalue weighted by atomic mass is 10.1. The number of hydrogen-bond acceptors (Lipinski definition) is 4. The Morgan fingerprint density at radius 1 is 1.37 bits per heavy atom. The van der Waals surface area contributed by atoms with E-state index in [2.05, 4.69) is 5.32 Å². The standard InChI is InChI=1S/C14H16N2O3/c1-3-19-14(18)7-6-13(17)16-12-8-11(9-15)5-4-10(12)2/h4-5,8H,3,6-7H2,1-2H3,(H,16,17). The molecule has 1 aromatic rings. The number of nitrogens with zero attached hydrogens (tertiary/aromatic N) is 1. The molecule has 0 radical (unpaired) electrons. The van der Waals surface area contributed by atoms with Crippen LogP contribution in [-0.4, -0.2) is 18.5 Å². The largest absolute Gasteiger partial charge is 0.466 e. The van der Waals surface area contributed by atoms with Gasteiger partial charge in [0.25, 0.3) is 0 Å². The van der Waals surface area contributed by atoms with E-state index in [1.807, 2.05) is 13.0 Å². The maximum absolute atomic E-state index is 11.7. The average Bonchev–Trinajstić information content (AvgIpc) is 2.39. The van der Waals surface area contributed by atoms with Gasteiger partial charge in [-0.15, -0.1) is 0 Å². The van der Waals surface area contributed by atoms with E-state index in [1.54, 1.807) is 25.1 Å². The van der Waals surface area contributed by atoms with E-state index < -0.39 is 0 Å². The summed E-state index contributed by atoms with van der Waals surface area (Å²) in [5, 5.41) is 11.5. The molecule has 1 N–H and O–H groups in total. The highest BCUT2D eigenvalue weighted by atomic mass is 16.5. The van der Waals surface area contributed by atoms with Crippen molar-refractivity contribution in [3.05, 3.63) is 29.3 Å². The van der Waals surface area contributed by atoms with Crippen LogP contribution >= 0.6 is 0 Å². The molecule has 1 amide bonds. The maximum atomic E-state index is 11.7. The number of ether oxygens (including phenoxy) is 1. The lowest BCUT2D eigenvalue weighted by Gasteiger charge is -2.08. The molecule has 0 aliphatic rings. The molecular weight excluding hydrogens is 244 g/mol. The molecule has 5 heteroatoms.